The van der Waals surface area contributed by atoms with Crippen molar-refractivity contribution in [1.82, 2.24) is 4.72 Å². The first-order valence-electron chi connectivity index (χ1n) is 6.69. The summed E-state index contributed by atoms with van der Waals surface area (Å²) < 4.78 is 19.9. The van der Waals surface area contributed by atoms with Gasteiger partial charge in [-0.05, 0) is 47.0 Å². The van der Waals surface area contributed by atoms with Gasteiger partial charge in [0.1, 0.15) is 0 Å². The van der Waals surface area contributed by atoms with E-state index in [-0.39, 0.29) is 16.8 Å². The zero-order valence-electron chi connectivity index (χ0n) is 13.5. The van der Waals surface area contributed by atoms with Crippen LogP contribution in [0.3, 0.4) is 0 Å². The van der Waals surface area contributed by atoms with Gasteiger partial charge in [0.15, 0.2) is 0 Å². The van der Waals surface area contributed by atoms with E-state index < -0.39 is 16.4 Å². The molecular weight excluding hydrogens is 262 g/mol. The first kappa shape index (κ1) is 18.6. The monoisotopic (exact) mass is 291 g/mol. The average molecular weight is 291 g/mol. The van der Waals surface area contributed by atoms with Crippen molar-refractivity contribution in [3.63, 3.8) is 0 Å². The van der Waals surface area contributed by atoms with Crippen molar-refractivity contribution < 1.29 is 13.7 Å². The van der Waals surface area contributed by atoms with Gasteiger partial charge >= 0.3 is 5.97 Å². The van der Waals surface area contributed by atoms with Gasteiger partial charge in [0.2, 0.25) is 0 Å². The van der Waals surface area contributed by atoms with Crippen molar-refractivity contribution in [1.29, 1.82) is 0 Å². The van der Waals surface area contributed by atoms with Crippen molar-refractivity contribution in [2.75, 3.05) is 7.11 Å². The minimum atomic E-state index is -1.21. The molecule has 0 aromatic carbocycles. The molecule has 1 unspecified atom stereocenters. The van der Waals surface area contributed by atoms with E-state index in [2.05, 4.69) is 18.6 Å². The molecule has 0 saturated carbocycles. The Labute approximate surface area is 120 Å². The molecule has 4 nitrogen and oxygen atoms in total. The highest BCUT2D eigenvalue weighted by atomic mass is 32.2. The highest BCUT2D eigenvalue weighted by Gasteiger charge is 2.40. The summed E-state index contributed by atoms with van der Waals surface area (Å²) >= 11 is 0. The smallest absolute Gasteiger partial charge is 0.312 e. The summed E-state index contributed by atoms with van der Waals surface area (Å²) in [5, 5.41) is 0. The third-order valence-electron chi connectivity index (χ3n) is 3.10. The fourth-order valence-corrected chi connectivity index (χ4v) is 2.68. The second-order valence-corrected chi connectivity index (χ2v) is 8.89. The van der Waals surface area contributed by atoms with E-state index in [9.17, 15) is 9.00 Å². The van der Waals surface area contributed by atoms with Gasteiger partial charge in [0.25, 0.3) is 0 Å². The van der Waals surface area contributed by atoms with Gasteiger partial charge in [0, 0.05) is 6.04 Å². The van der Waals surface area contributed by atoms with Crippen LogP contribution in [-0.4, -0.2) is 28.1 Å². The largest absolute Gasteiger partial charge is 0.469 e. The summed E-state index contributed by atoms with van der Waals surface area (Å²) in [4.78, 5) is 11.9. The van der Waals surface area contributed by atoms with Gasteiger partial charge in [-0.15, -0.1) is 0 Å². The maximum Gasteiger partial charge on any atom is 0.312 e. The third kappa shape index (κ3) is 5.61. The topological polar surface area (TPSA) is 55.4 Å². The molecule has 0 heterocycles. The lowest BCUT2D eigenvalue weighted by Gasteiger charge is -2.35. The van der Waals surface area contributed by atoms with E-state index in [0.29, 0.717) is 5.92 Å². The van der Waals surface area contributed by atoms with Crippen molar-refractivity contribution >= 4 is 17.0 Å². The molecule has 0 aliphatic carbocycles. The Kier molecular flexibility index (Phi) is 6.69. The Morgan fingerprint density at radius 3 is 2.00 bits per heavy atom. The van der Waals surface area contributed by atoms with Gasteiger partial charge in [0.05, 0.1) is 28.3 Å². The average Bonchev–Trinajstić information content (AvgIpc) is 2.24. The number of hydrogen-bond donors (Lipinski definition) is 1. The number of rotatable bonds is 6. The lowest BCUT2D eigenvalue weighted by atomic mass is 9.81. The van der Waals surface area contributed by atoms with Crippen molar-refractivity contribution in [3.05, 3.63) is 0 Å². The summed E-state index contributed by atoms with van der Waals surface area (Å²) in [5.74, 6) is 0.120. The Morgan fingerprint density at radius 2 is 1.68 bits per heavy atom. The minimum Gasteiger partial charge on any atom is -0.469 e. The van der Waals surface area contributed by atoms with Gasteiger partial charge in [-0.1, -0.05) is 13.8 Å². The lowest BCUT2D eigenvalue weighted by Crippen LogP contribution is -2.51. The molecule has 0 aliphatic rings. The van der Waals surface area contributed by atoms with Crippen LogP contribution >= 0.6 is 0 Å². The number of carbonyl (C=O) groups excluding carboxylic acids is 1. The fraction of sp³-hybridized carbons (Fsp3) is 0.929. The van der Waals surface area contributed by atoms with Crippen LogP contribution in [0.1, 0.15) is 54.9 Å². The van der Waals surface area contributed by atoms with Crippen LogP contribution in [0.4, 0.5) is 0 Å². The molecule has 0 amide bonds. The number of nitrogens with one attached hydrogen (secondary N) is 1. The Hall–Kier alpha value is -0.420. The van der Waals surface area contributed by atoms with E-state index in [0.717, 1.165) is 6.42 Å². The molecular formula is C14H29NO3S. The van der Waals surface area contributed by atoms with Crippen LogP contribution in [0.15, 0.2) is 0 Å². The zero-order chi connectivity index (χ0) is 15.4. The zero-order valence-corrected chi connectivity index (χ0v) is 14.3. The summed E-state index contributed by atoms with van der Waals surface area (Å²) in [5.41, 5.74) is -0.708. The summed E-state index contributed by atoms with van der Waals surface area (Å²) in [6.07, 6.45) is 0.768. The highest BCUT2D eigenvalue weighted by molar-refractivity contribution is 7.84. The molecule has 0 spiro atoms. The van der Waals surface area contributed by atoms with Crippen LogP contribution in [0.25, 0.3) is 0 Å². The molecule has 0 radical (unpaired) electrons. The minimum absolute atomic E-state index is 0.181. The molecule has 0 aromatic heterocycles. The number of methoxy groups -OCH3 is 1. The van der Waals surface area contributed by atoms with Crippen molar-refractivity contribution in [2.45, 2.75) is 65.7 Å². The second-order valence-electron chi connectivity index (χ2n) is 6.89. The van der Waals surface area contributed by atoms with Gasteiger partial charge < -0.3 is 4.74 Å². The lowest BCUT2D eigenvalue weighted by molar-refractivity contribution is -0.152. The van der Waals surface area contributed by atoms with Gasteiger partial charge in [-0.2, -0.15) is 0 Å². The van der Waals surface area contributed by atoms with Gasteiger partial charge in [-0.25, -0.2) is 8.93 Å². The fourth-order valence-electron chi connectivity index (χ4n) is 1.67. The normalized spacial score (nSPS) is 16.3. The number of hydrogen-bond acceptors (Lipinski definition) is 3. The molecule has 0 aromatic rings. The predicted octanol–water partition coefficient (Wildman–Crippen LogP) is 2.65. The molecule has 0 fully saturated rings. The quantitative estimate of drug-likeness (QED) is 0.765. The molecule has 114 valence electrons. The van der Waals surface area contributed by atoms with Crippen LogP contribution in [-0.2, 0) is 20.5 Å². The van der Waals surface area contributed by atoms with Crippen LogP contribution < -0.4 is 4.72 Å². The van der Waals surface area contributed by atoms with Gasteiger partial charge in [-0.3, -0.25) is 4.79 Å². The molecule has 0 bridgehead atoms. The summed E-state index contributed by atoms with van der Waals surface area (Å²) in [6, 6.07) is -0.181. The van der Waals surface area contributed by atoms with E-state index in [1.165, 1.54) is 7.11 Å². The Balaban J connectivity index is 5.12. The first-order chi connectivity index (χ1) is 8.42. The van der Waals surface area contributed by atoms with Crippen LogP contribution in [0.5, 0.6) is 0 Å². The Bertz CT molecular complexity index is 332. The number of carbonyl (C=O) groups is 1. The van der Waals surface area contributed by atoms with E-state index in [1.54, 1.807) is 0 Å². The van der Waals surface area contributed by atoms with Crippen LogP contribution in [0, 0.1) is 11.3 Å². The molecule has 1 N–H and O–H groups in total. The molecule has 5 heteroatoms. The molecule has 0 aliphatic heterocycles. The van der Waals surface area contributed by atoms with E-state index in [4.69, 9.17) is 4.74 Å². The van der Waals surface area contributed by atoms with Crippen molar-refractivity contribution in [2.24, 2.45) is 11.3 Å². The third-order valence-corrected chi connectivity index (χ3v) is 4.71. The second kappa shape index (κ2) is 6.84. The maximum atomic E-state index is 12.3. The molecule has 19 heavy (non-hydrogen) atoms. The SMILES string of the molecule is COC(=O)C(C)(C)[C@@H](CC(C)C)NS(=O)C(C)(C)C. The van der Waals surface area contributed by atoms with Crippen LogP contribution in [0.2, 0.25) is 0 Å². The first-order valence-corrected chi connectivity index (χ1v) is 7.84. The van der Waals surface area contributed by atoms with E-state index in [1.807, 2.05) is 34.6 Å². The summed E-state index contributed by atoms with van der Waals surface area (Å²) in [6.45, 7) is 13.6. The number of ether oxygens (including phenoxy) is 1. The van der Waals surface area contributed by atoms with Crippen molar-refractivity contribution in [3.8, 4) is 0 Å². The maximum absolute atomic E-state index is 12.3. The summed E-state index contributed by atoms with van der Waals surface area (Å²) in [7, 11) is 0.180. The highest BCUT2D eigenvalue weighted by Crippen LogP contribution is 2.28. The predicted molar refractivity (Wildman–Crippen MR) is 80.1 cm³/mol. The standard InChI is InChI=1S/C14H29NO3S/c1-10(2)9-11(14(6,7)12(16)18-8)15-19(17)13(3,4)5/h10-11,15H,9H2,1-8H3/t11-,19?/m1/s1. The Morgan fingerprint density at radius 1 is 1.21 bits per heavy atom. The molecule has 2 atom stereocenters. The van der Waals surface area contributed by atoms with E-state index >= 15 is 0 Å². The molecule has 0 saturated heterocycles. The molecule has 0 rings (SSSR count). The number of esters is 1.